The predicted molar refractivity (Wildman–Crippen MR) is 84.2 cm³/mol. The van der Waals surface area contributed by atoms with E-state index < -0.39 is 28.7 Å². The molecule has 7 heteroatoms. The number of amides is 1. The molecule has 3 N–H and O–H groups in total. The lowest BCUT2D eigenvalue weighted by atomic mass is 9.82. The van der Waals surface area contributed by atoms with Gasteiger partial charge in [0.2, 0.25) is 0 Å². The van der Waals surface area contributed by atoms with Crippen LogP contribution in [0, 0.1) is 0 Å². The second kappa shape index (κ2) is 6.28. The number of carbonyl (C=O) groups excluding carboxylic acids is 1. The normalized spacial score (nSPS) is 22.5. The van der Waals surface area contributed by atoms with Crippen molar-refractivity contribution in [2.24, 2.45) is 0 Å². The third-order valence-corrected chi connectivity index (χ3v) is 4.52. The quantitative estimate of drug-likeness (QED) is 0.704. The van der Waals surface area contributed by atoms with Gasteiger partial charge in [0.15, 0.2) is 0 Å². The van der Waals surface area contributed by atoms with Crippen molar-refractivity contribution in [1.29, 1.82) is 0 Å². The van der Waals surface area contributed by atoms with E-state index in [2.05, 4.69) is 5.32 Å². The summed E-state index contributed by atoms with van der Waals surface area (Å²) in [7, 11) is 0. The molecule has 0 aromatic heterocycles. The first kappa shape index (κ1) is 18.0. The van der Waals surface area contributed by atoms with Gasteiger partial charge in [-0.25, -0.2) is 4.79 Å². The Labute approximate surface area is 137 Å². The average molecular weight is 328 g/mol. The average Bonchev–Trinajstić information content (AvgIpc) is 2.81. The van der Waals surface area contributed by atoms with E-state index in [1.165, 1.54) is 4.90 Å². The first-order valence-corrected chi connectivity index (χ1v) is 8.19. The summed E-state index contributed by atoms with van der Waals surface area (Å²) < 4.78 is 5.32. The number of carbonyl (C=O) groups is 2. The van der Waals surface area contributed by atoms with Gasteiger partial charge in [0.1, 0.15) is 5.60 Å². The fourth-order valence-corrected chi connectivity index (χ4v) is 3.60. The molecule has 23 heavy (non-hydrogen) atoms. The van der Waals surface area contributed by atoms with Gasteiger partial charge >= 0.3 is 12.1 Å². The van der Waals surface area contributed by atoms with Crippen molar-refractivity contribution in [2.45, 2.75) is 69.6 Å². The second-order valence-electron chi connectivity index (χ2n) is 7.96. The number of ether oxygens (including phenoxy) is 1. The summed E-state index contributed by atoms with van der Waals surface area (Å²) in [6.45, 7) is 5.96. The molecule has 1 saturated carbocycles. The molecule has 0 aromatic carbocycles. The highest BCUT2D eigenvalue weighted by Gasteiger charge is 2.52. The van der Waals surface area contributed by atoms with Crippen molar-refractivity contribution in [2.75, 3.05) is 19.7 Å². The van der Waals surface area contributed by atoms with Crippen LogP contribution < -0.4 is 5.32 Å². The molecule has 2 rings (SSSR count). The molecule has 132 valence electrons. The number of carboxylic acids is 1. The third kappa shape index (κ3) is 4.35. The van der Waals surface area contributed by atoms with Crippen molar-refractivity contribution in [3.05, 3.63) is 0 Å². The van der Waals surface area contributed by atoms with Gasteiger partial charge in [-0.05, 0) is 33.6 Å². The Kier molecular flexibility index (Phi) is 4.92. The number of hydrogen-bond donors (Lipinski definition) is 3. The van der Waals surface area contributed by atoms with E-state index in [1.54, 1.807) is 20.8 Å². The number of nitrogens with zero attached hydrogens (tertiary/aromatic N) is 1. The van der Waals surface area contributed by atoms with Gasteiger partial charge in [0.05, 0.1) is 18.6 Å². The van der Waals surface area contributed by atoms with Crippen molar-refractivity contribution in [3.63, 3.8) is 0 Å². The standard InChI is InChI=1S/C16H28N2O5/c1-14(2,3)23-13(22)18-9-16(10-18,8-12(20)21)17-15(11-19)6-4-5-7-15/h17,19H,4-11H2,1-3H3,(H,20,21). The highest BCUT2D eigenvalue weighted by atomic mass is 16.6. The fourth-order valence-electron chi connectivity index (χ4n) is 3.60. The number of aliphatic hydroxyl groups excluding tert-OH is 1. The molecule has 1 amide bonds. The molecular formula is C16H28N2O5. The molecule has 0 atom stereocenters. The SMILES string of the molecule is CC(C)(C)OC(=O)N1CC(CC(=O)O)(NC2(CO)CCCC2)C1. The van der Waals surface area contributed by atoms with Crippen LogP contribution in [-0.4, -0.2) is 63.6 Å². The lowest BCUT2D eigenvalue weighted by Crippen LogP contribution is -2.75. The third-order valence-electron chi connectivity index (χ3n) is 4.52. The summed E-state index contributed by atoms with van der Waals surface area (Å²) in [6.07, 6.45) is 3.20. The van der Waals surface area contributed by atoms with Crippen LogP contribution in [0.2, 0.25) is 0 Å². The maximum atomic E-state index is 12.1. The molecule has 2 fully saturated rings. The van der Waals surface area contributed by atoms with Gasteiger partial charge in [-0.15, -0.1) is 0 Å². The molecule has 0 bridgehead atoms. The van der Waals surface area contributed by atoms with E-state index in [1.807, 2.05) is 0 Å². The number of carboxylic acid groups (broad SMARTS) is 1. The molecule has 0 aromatic rings. The zero-order chi connectivity index (χ0) is 17.3. The molecular weight excluding hydrogens is 300 g/mol. The first-order valence-electron chi connectivity index (χ1n) is 8.19. The number of rotatable bonds is 5. The monoisotopic (exact) mass is 328 g/mol. The topological polar surface area (TPSA) is 99.1 Å². The maximum Gasteiger partial charge on any atom is 0.410 e. The Bertz CT molecular complexity index is 460. The lowest BCUT2D eigenvalue weighted by molar-refractivity contribution is -0.141. The van der Waals surface area contributed by atoms with Gasteiger partial charge in [0, 0.05) is 18.6 Å². The minimum absolute atomic E-state index is 0.0131. The summed E-state index contributed by atoms with van der Waals surface area (Å²) in [5.41, 5.74) is -1.68. The van der Waals surface area contributed by atoms with Crippen LogP contribution in [0.1, 0.15) is 52.9 Å². The van der Waals surface area contributed by atoms with Gasteiger partial charge in [-0.2, -0.15) is 0 Å². The summed E-state index contributed by atoms with van der Waals surface area (Å²) in [4.78, 5) is 24.8. The number of aliphatic carboxylic acids is 1. The van der Waals surface area contributed by atoms with E-state index >= 15 is 0 Å². The molecule has 0 radical (unpaired) electrons. The molecule has 2 aliphatic rings. The molecule has 1 aliphatic heterocycles. The van der Waals surface area contributed by atoms with Crippen LogP contribution in [0.15, 0.2) is 0 Å². The van der Waals surface area contributed by atoms with Crippen molar-refractivity contribution in [1.82, 2.24) is 10.2 Å². The minimum atomic E-state index is -0.910. The van der Waals surface area contributed by atoms with Crippen LogP contribution in [0.4, 0.5) is 4.79 Å². The molecule has 7 nitrogen and oxygen atoms in total. The maximum absolute atomic E-state index is 12.1. The number of hydrogen-bond acceptors (Lipinski definition) is 5. The van der Waals surface area contributed by atoms with Crippen LogP contribution in [-0.2, 0) is 9.53 Å². The number of aliphatic hydroxyl groups is 1. The summed E-state index contributed by atoms with van der Waals surface area (Å²) in [5, 5.41) is 22.4. The number of likely N-dealkylation sites (tertiary alicyclic amines) is 1. The number of nitrogens with one attached hydrogen (secondary N) is 1. The summed E-state index contributed by atoms with van der Waals surface area (Å²) in [6, 6.07) is 0. The zero-order valence-electron chi connectivity index (χ0n) is 14.2. The molecule has 1 aliphatic carbocycles. The fraction of sp³-hybridized carbons (Fsp3) is 0.875. The van der Waals surface area contributed by atoms with Crippen molar-refractivity contribution < 1.29 is 24.5 Å². The molecule has 0 spiro atoms. The zero-order valence-corrected chi connectivity index (χ0v) is 14.2. The highest BCUT2D eigenvalue weighted by molar-refractivity contribution is 5.73. The van der Waals surface area contributed by atoms with Gasteiger partial charge in [0.25, 0.3) is 0 Å². The van der Waals surface area contributed by atoms with Crippen molar-refractivity contribution in [3.8, 4) is 0 Å². The Morgan fingerprint density at radius 3 is 2.17 bits per heavy atom. The van der Waals surface area contributed by atoms with Crippen LogP contribution in [0.25, 0.3) is 0 Å². The second-order valence-corrected chi connectivity index (χ2v) is 7.96. The molecule has 1 heterocycles. The summed E-state index contributed by atoms with van der Waals surface area (Å²) >= 11 is 0. The van der Waals surface area contributed by atoms with E-state index in [0.717, 1.165) is 25.7 Å². The van der Waals surface area contributed by atoms with E-state index in [4.69, 9.17) is 4.74 Å². The lowest BCUT2D eigenvalue weighted by Gasteiger charge is -2.53. The van der Waals surface area contributed by atoms with Gasteiger partial charge in [-0.3, -0.25) is 10.1 Å². The Morgan fingerprint density at radius 2 is 1.74 bits per heavy atom. The highest BCUT2D eigenvalue weighted by Crippen LogP contribution is 2.35. The minimum Gasteiger partial charge on any atom is -0.481 e. The largest absolute Gasteiger partial charge is 0.481 e. The van der Waals surface area contributed by atoms with Crippen LogP contribution >= 0.6 is 0 Å². The van der Waals surface area contributed by atoms with Gasteiger partial charge in [-0.1, -0.05) is 12.8 Å². The van der Waals surface area contributed by atoms with E-state index in [0.29, 0.717) is 0 Å². The van der Waals surface area contributed by atoms with Crippen LogP contribution in [0.5, 0.6) is 0 Å². The molecule has 0 unspecified atom stereocenters. The Balaban J connectivity index is 2.03. The Hall–Kier alpha value is -1.34. The predicted octanol–water partition coefficient (Wildman–Crippen LogP) is 1.35. The molecule has 1 saturated heterocycles. The first-order chi connectivity index (χ1) is 10.6. The smallest absolute Gasteiger partial charge is 0.410 e. The van der Waals surface area contributed by atoms with Crippen molar-refractivity contribution >= 4 is 12.1 Å². The van der Waals surface area contributed by atoms with Gasteiger partial charge < -0.3 is 19.8 Å². The van der Waals surface area contributed by atoms with E-state index in [-0.39, 0.29) is 26.1 Å². The summed E-state index contributed by atoms with van der Waals surface area (Å²) in [5.74, 6) is -0.910. The van der Waals surface area contributed by atoms with Crippen LogP contribution in [0.3, 0.4) is 0 Å². The van der Waals surface area contributed by atoms with E-state index in [9.17, 15) is 19.8 Å². The Morgan fingerprint density at radius 1 is 1.17 bits per heavy atom.